The van der Waals surface area contributed by atoms with Crippen molar-refractivity contribution >= 4 is 0 Å². The van der Waals surface area contributed by atoms with Gasteiger partial charge >= 0.3 is 0 Å². The zero-order valence-corrected chi connectivity index (χ0v) is 12.8. The molecule has 2 unspecified atom stereocenters. The molecule has 108 valence electrons. The number of aromatic nitrogens is 2. The van der Waals surface area contributed by atoms with E-state index in [1.54, 1.807) is 0 Å². The fourth-order valence-electron chi connectivity index (χ4n) is 3.14. The van der Waals surface area contributed by atoms with Gasteiger partial charge in [-0.2, -0.15) is 5.10 Å². The van der Waals surface area contributed by atoms with E-state index in [1.165, 1.54) is 37.1 Å². The fourth-order valence-corrected chi connectivity index (χ4v) is 3.14. The van der Waals surface area contributed by atoms with Crippen LogP contribution in [0.4, 0.5) is 0 Å². The Bertz CT molecular complexity index is 383. The van der Waals surface area contributed by atoms with E-state index >= 15 is 0 Å². The second-order valence-corrected chi connectivity index (χ2v) is 5.88. The van der Waals surface area contributed by atoms with Crippen LogP contribution in [0.5, 0.6) is 0 Å². The van der Waals surface area contributed by atoms with E-state index in [-0.39, 0.29) is 0 Å². The minimum absolute atomic E-state index is 0.722. The lowest BCUT2D eigenvalue weighted by atomic mass is 9.86. The Morgan fingerprint density at radius 3 is 2.74 bits per heavy atom. The maximum atomic E-state index is 4.68. The first kappa shape index (κ1) is 14.6. The summed E-state index contributed by atoms with van der Waals surface area (Å²) in [6, 6.07) is 2.98. The average Bonchev–Trinajstić information content (AvgIpc) is 2.83. The molecule has 0 spiro atoms. The molecule has 0 radical (unpaired) electrons. The average molecular weight is 263 g/mol. The topological polar surface area (TPSA) is 29.9 Å². The van der Waals surface area contributed by atoms with Gasteiger partial charge in [-0.25, -0.2) is 0 Å². The highest BCUT2D eigenvalue weighted by Gasteiger charge is 2.20. The Kier molecular flexibility index (Phi) is 5.44. The number of aryl methyl sites for hydroxylation is 2. The van der Waals surface area contributed by atoms with Crippen LogP contribution in [0, 0.1) is 5.92 Å². The third-order valence-electron chi connectivity index (χ3n) is 4.48. The minimum Gasteiger partial charge on any atom is -0.312 e. The van der Waals surface area contributed by atoms with Gasteiger partial charge in [-0.05, 0) is 37.7 Å². The van der Waals surface area contributed by atoms with Crippen LogP contribution in [0.15, 0.2) is 6.07 Å². The largest absolute Gasteiger partial charge is 0.312 e. The predicted octanol–water partition coefficient (Wildman–Crippen LogP) is 3.18. The summed E-state index contributed by atoms with van der Waals surface area (Å²) in [4.78, 5) is 0. The predicted molar refractivity (Wildman–Crippen MR) is 80.4 cm³/mol. The molecule has 1 saturated carbocycles. The van der Waals surface area contributed by atoms with E-state index in [4.69, 9.17) is 0 Å². The first-order valence-electron chi connectivity index (χ1n) is 8.03. The van der Waals surface area contributed by atoms with E-state index in [0.717, 1.165) is 37.9 Å². The molecule has 0 bridgehead atoms. The lowest BCUT2D eigenvalue weighted by Crippen LogP contribution is -2.39. The van der Waals surface area contributed by atoms with Crippen LogP contribution in [-0.2, 0) is 19.4 Å². The summed E-state index contributed by atoms with van der Waals surface area (Å²) in [7, 11) is 0. The second kappa shape index (κ2) is 7.09. The van der Waals surface area contributed by atoms with Crippen molar-refractivity contribution in [1.82, 2.24) is 15.1 Å². The van der Waals surface area contributed by atoms with Crippen LogP contribution in [0.25, 0.3) is 0 Å². The Labute approximate surface area is 117 Å². The van der Waals surface area contributed by atoms with Gasteiger partial charge in [0.25, 0.3) is 0 Å². The molecule has 3 heteroatoms. The second-order valence-electron chi connectivity index (χ2n) is 5.88. The summed E-state index contributed by atoms with van der Waals surface area (Å²) in [5, 5.41) is 8.42. The minimum atomic E-state index is 0.722. The molecule has 3 nitrogen and oxygen atoms in total. The van der Waals surface area contributed by atoms with Crippen molar-refractivity contribution < 1.29 is 0 Å². The summed E-state index contributed by atoms with van der Waals surface area (Å²) in [5.74, 6) is 0.836. The fraction of sp³-hybridized carbons (Fsp3) is 0.812. The zero-order valence-electron chi connectivity index (χ0n) is 12.8. The van der Waals surface area contributed by atoms with E-state index in [0.29, 0.717) is 0 Å². The van der Waals surface area contributed by atoms with Gasteiger partial charge in [-0.15, -0.1) is 0 Å². The standard InChI is InChI=1S/C16H29N3/c1-4-14-12-15(5-2)19(18-14)11-10-17-16-9-7-6-8-13(16)3/h12-13,16-17H,4-11H2,1-3H3. The smallest absolute Gasteiger partial charge is 0.0624 e. The normalized spacial score (nSPS) is 23.7. The zero-order chi connectivity index (χ0) is 13.7. The molecule has 1 heterocycles. The van der Waals surface area contributed by atoms with Gasteiger partial charge < -0.3 is 5.32 Å². The van der Waals surface area contributed by atoms with Crippen LogP contribution in [0.1, 0.15) is 57.8 Å². The van der Waals surface area contributed by atoms with Crippen LogP contribution in [0.2, 0.25) is 0 Å². The molecule has 1 fully saturated rings. The van der Waals surface area contributed by atoms with Crippen molar-refractivity contribution in [1.29, 1.82) is 0 Å². The lowest BCUT2D eigenvalue weighted by molar-refractivity contribution is 0.277. The quantitative estimate of drug-likeness (QED) is 0.854. The maximum absolute atomic E-state index is 4.68. The number of hydrogen-bond acceptors (Lipinski definition) is 2. The Balaban J connectivity index is 1.83. The molecule has 0 amide bonds. The number of nitrogens with zero attached hydrogens (tertiary/aromatic N) is 2. The summed E-state index contributed by atoms with van der Waals surface area (Å²) >= 11 is 0. The molecular formula is C16H29N3. The Hall–Kier alpha value is -0.830. The molecule has 2 atom stereocenters. The highest BCUT2D eigenvalue weighted by atomic mass is 15.3. The monoisotopic (exact) mass is 263 g/mol. The maximum Gasteiger partial charge on any atom is 0.0624 e. The van der Waals surface area contributed by atoms with Crippen molar-refractivity contribution in [3.05, 3.63) is 17.5 Å². The van der Waals surface area contributed by atoms with Crippen molar-refractivity contribution in [2.75, 3.05) is 6.54 Å². The van der Waals surface area contributed by atoms with E-state index in [2.05, 4.69) is 41.9 Å². The molecule has 2 rings (SSSR count). The van der Waals surface area contributed by atoms with Crippen molar-refractivity contribution in [2.45, 2.75) is 71.9 Å². The van der Waals surface area contributed by atoms with Gasteiger partial charge in [0, 0.05) is 18.3 Å². The van der Waals surface area contributed by atoms with Crippen LogP contribution < -0.4 is 5.32 Å². The molecule has 0 aliphatic heterocycles. The van der Waals surface area contributed by atoms with Gasteiger partial charge in [0.2, 0.25) is 0 Å². The third-order valence-corrected chi connectivity index (χ3v) is 4.48. The van der Waals surface area contributed by atoms with E-state index < -0.39 is 0 Å². The van der Waals surface area contributed by atoms with Gasteiger partial charge in [0.1, 0.15) is 0 Å². The van der Waals surface area contributed by atoms with E-state index in [1.807, 2.05) is 0 Å². The Morgan fingerprint density at radius 2 is 2.05 bits per heavy atom. The summed E-state index contributed by atoms with van der Waals surface area (Å²) < 4.78 is 2.19. The summed E-state index contributed by atoms with van der Waals surface area (Å²) in [6.45, 7) is 8.83. The van der Waals surface area contributed by atoms with E-state index in [9.17, 15) is 0 Å². The number of rotatable bonds is 6. The molecule has 1 N–H and O–H groups in total. The van der Waals surface area contributed by atoms with Crippen LogP contribution in [-0.4, -0.2) is 22.4 Å². The summed E-state index contributed by atoms with van der Waals surface area (Å²) in [6.07, 6.45) is 7.66. The molecule has 1 aliphatic rings. The molecule has 19 heavy (non-hydrogen) atoms. The Morgan fingerprint density at radius 1 is 1.26 bits per heavy atom. The SMILES string of the molecule is CCc1cc(CC)n(CCNC2CCCCC2C)n1. The molecule has 1 aromatic heterocycles. The van der Waals surface area contributed by atoms with Crippen molar-refractivity contribution in [3.63, 3.8) is 0 Å². The summed E-state index contributed by atoms with van der Waals surface area (Å²) in [5.41, 5.74) is 2.60. The third kappa shape index (κ3) is 3.82. The number of hydrogen-bond donors (Lipinski definition) is 1. The first-order chi connectivity index (χ1) is 9.24. The van der Waals surface area contributed by atoms with Crippen LogP contribution >= 0.6 is 0 Å². The van der Waals surface area contributed by atoms with Gasteiger partial charge in [-0.1, -0.05) is 33.6 Å². The molecule has 1 aromatic rings. The highest BCUT2D eigenvalue weighted by Crippen LogP contribution is 2.23. The van der Waals surface area contributed by atoms with Gasteiger partial charge in [0.05, 0.1) is 12.2 Å². The van der Waals surface area contributed by atoms with Crippen LogP contribution in [0.3, 0.4) is 0 Å². The van der Waals surface area contributed by atoms with Gasteiger partial charge in [0.15, 0.2) is 0 Å². The molecule has 0 saturated heterocycles. The molecule has 1 aliphatic carbocycles. The first-order valence-corrected chi connectivity index (χ1v) is 8.03. The number of nitrogens with one attached hydrogen (secondary N) is 1. The van der Waals surface area contributed by atoms with Crippen molar-refractivity contribution in [2.24, 2.45) is 5.92 Å². The lowest BCUT2D eigenvalue weighted by Gasteiger charge is -2.29. The van der Waals surface area contributed by atoms with Gasteiger partial charge in [-0.3, -0.25) is 4.68 Å². The van der Waals surface area contributed by atoms with Crippen molar-refractivity contribution in [3.8, 4) is 0 Å². The molecular weight excluding hydrogens is 234 g/mol. The molecule has 0 aromatic carbocycles. The highest BCUT2D eigenvalue weighted by molar-refractivity contribution is 5.10.